The molecule has 2 N–H and O–H groups in total. The number of hydrogen-bond donors (Lipinski definition) is 2. The van der Waals surface area contributed by atoms with Crippen LogP contribution in [0.1, 0.15) is 35.3 Å². The van der Waals surface area contributed by atoms with Crippen LogP contribution < -0.4 is 15.5 Å². The third kappa shape index (κ3) is 5.96. The second kappa shape index (κ2) is 10.6. The molecule has 0 bridgehead atoms. The van der Waals surface area contributed by atoms with Crippen molar-refractivity contribution >= 4 is 29.0 Å². The summed E-state index contributed by atoms with van der Waals surface area (Å²) in [6.07, 6.45) is 0. The van der Waals surface area contributed by atoms with Crippen molar-refractivity contribution in [1.82, 2.24) is 10.2 Å². The fourth-order valence-corrected chi connectivity index (χ4v) is 4.01. The number of hydrogen-bond acceptors (Lipinski definition) is 5. The van der Waals surface area contributed by atoms with Crippen LogP contribution in [0.25, 0.3) is 0 Å². The highest BCUT2D eigenvalue weighted by molar-refractivity contribution is 5.96. The van der Waals surface area contributed by atoms with E-state index in [1.807, 2.05) is 41.8 Å². The van der Waals surface area contributed by atoms with Crippen LogP contribution >= 0.6 is 0 Å². The number of piperazine rings is 1. The maximum atomic E-state index is 14.5. The molecule has 8 heteroatoms. The minimum absolute atomic E-state index is 0.107. The van der Waals surface area contributed by atoms with E-state index in [4.69, 9.17) is 0 Å². The molecule has 0 radical (unpaired) electrons. The second-order valence-electron chi connectivity index (χ2n) is 8.45. The summed E-state index contributed by atoms with van der Waals surface area (Å²) in [4.78, 5) is 40.3. The molecule has 0 unspecified atom stereocenters. The van der Waals surface area contributed by atoms with Crippen LogP contribution in [-0.2, 0) is 9.59 Å². The normalized spacial score (nSPS) is 15.1. The second-order valence-corrected chi connectivity index (χ2v) is 8.45. The Hall–Kier alpha value is -3.26. The number of halogens is 1. The standard InChI is InChI=1S/C25H31FN4O3/c1-16-6-5-7-17(2)24(16)28-23(32)15-27-25(33)18(3)29-10-12-30(13-11-29)22-9-8-20(19(4)31)14-21(22)26/h5-9,14,18H,10-13,15H2,1-4H3,(H,27,33)(H,28,32)/t18-/m1/s1. The summed E-state index contributed by atoms with van der Waals surface area (Å²) in [5, 5.41) is 5.57. The Bertz CT molecular complexity index is 1030. The number of benzene rings is 2. The first-order valence-electron chi connectivity index (χ1n) is 11.1. The predicted molar refractivity (Wildman–Crippen MR) is 127 cm³/mol. The number of amides is 2. The highest BCUT2D eigenvalue weighted by Crippen LogP contribution is 2.23. The van der Waals surface area contributed by atoms with Gasteiger partial charge in [0.05, 0.1) is 18.3 Å². The maximum absolute atomic E-state index is 14.5. The van der Waals surface area contributed by atoms with Gasteiger partial charge in [0, 0.05) is 37.4 Å². The van der Waals surface area contributed by atoms with Gasteiger partial charge >= 0.3 is 0 Å². The van der Waals surface area contributed by atoms with Gasteiger partial charge in [0.1, 0.15) is 5.82 Å². The van der Waals surface area contributed by atoms with Gasteiger partial charge in [-0.25, -0.2) is 4.39 Å². The number of Topliss-reactive ketones (excluding diaryl/α,β-unsaturated/α-hetero) is 1. The van der Waals surface area contributed by atoms with E-state index in [9.17, 15) is 18.8 Å². The summed E-state index contributed by atoms with van der Waals surface area (Å²) in [7, 11) is 0. The third-order valence-corrected chi connectivity index (χ3v) is 6.11. The summed E-state index contributed by atoms with van der Waals surface area (Å²) >= 11 is 0. The van der Waals surface area contributed by atoms with Gasteiger partial charge in [-0.05, 0) is 57.0 Å². The SMILES string of the molecule is CC(=O)c1ccc(N2CCN([C@H](C)C(=O)NCC(=O)Nc3c(C)cccc3C)CC2)c(F)c1. The predicted octanol–water partition coefficient (Wildman–Crippen LogP) is 2.91. The highest BCUT2D eigenvalue weighted by atomic mass is 19.1. The van der Waals surface area contributed by atoms with E-state index < -0.39 is 11.9 Å². The molecule has 0 spiro atoms. The van der Waals surface area contributed by atoms with Crippen molar-refractivity contribution < 1.29 is 18.8 Å². The van der Waals surface area contributed by atoms with E-state index in [1.165, 1.54) is 13.0 Å². The van der Waals surface area contributed by atoms with E-state index in [0.717, 1.165) is 16.8 Å². The summed E-state index contributed by atoms with van der Waals surface area (Å²) in [5.74, 6) is -1.09. The number of ketones is 1. The third-order valence-electron chi connectivity index (χ3n) is 6.11. The molecule has 0 aliphatic carbocycles. The van der Waals surface area contributed by atoms with E-state index in [1.54, 1.807) is 19.1 Å². The number of carbonyl (C=O) groups is 3. The van der Waals surface area contributed by atoms with Crippen LogP contribution in [0.3, 0.4) is 0 Å². The zero-order valence-electron chi connectivity index (χ0n) is 19.6. The molecule has 7 nitrogen and oxygen atoms in total. The van der Waals surface area contributed by atoms with Gasteiger partial charge in [-0.2, -0.15) is 0 Å². The Morgan fingerprint density at radius 3 is 2.24 bits per heavy atom. The van der Waals surface area contributed by atoms with Crippen molar-refractivity contribution in [3.8, 4) is 0 Å². The van der Waals surface area contributed by atoms with Gasteiger partial charge in [-0.3, -0.25) is 19.3 Å². The van der Waals surface area contributed by atoms with Crippen molar-refractivity contribution in [2.45, 2.75) is 33.7 Å². The fraction of sp³-hybridized carbons (Fsp3) is 0.400. The Kier molecular flexibility index (Phi) is 7.81. The largest absolute Gasteiger partial charge is 0.367 e. The molecule has 0 aromatic heterocycles. The maximum Gasteiger partial charge on any atom is 0.243 e. The Morgan fingerprint density at radius 2 is 1.67 bits per heavy atom. The van der Waals surface area contributed by atoms with Crippen LogP contribution in [-0.4, -0.2) is 61.3 Å². The van der Waals surface area contributed by atoms with Gasteiger partial charge in [-0.15, -0.1) is 0 Å². The number of anilines is 2. The van der Waals surface area contributed by atoms with Gasteiger partial charge < -0.3 is 15.5 Å². The van der Waals surface area contributed by atoms with Crippen molar-refractivity contribution in [2.75, 3.05) is 42.9 Å². The van der Waals surface area contributed by atoms with Crippen LogP contribution in [0.5, 0.6) is 0 Å². The Labute approximate surface area is 193 Å². The van der Waals surface area contributed by atoms with Crippen molar-refractivity contribution in [3.63, 3.8) is 0 Å². The highest BCUT2D eigenvalue weighted by Gasteiger charge is 2.27. The van der Waals surface area contributed by atoms with Gasteiger partial charge in [0.25, 0.3) is 0 Å². The Morgan fingerprint density at radius 1 is 1.03 bits per heavy atom. The molecule has 2 aromatic carbocycles. The molecule has 0 saturated carbocycles. The zero-order chi connectivity index (χ0) is 24.1. The first-order valence-corrected chi connectivity index (χ1v) is 11.1. The number of aryl methyl sites for hydroxylation is 2. The fourth-order valence-electron chi connectivity index (χ4n) is 4.01. The number of rotatable bonds is 7. The lowest BCUT2D eigenvalue weighted by Crippen LogP contribution is -2.54. The van der Waals surface area contributed by atoms with Crippen molar-refractivity contribution in [2.24, 2.45) is 0 Å². The van der Waals surface area contributed by atoms with E-state index in [0.29, 0.717) is 37.4 Å². The molecule has 1 aliphatic rings. The molecular formula is C25H31FN4O3. The van der Waals surface area contributed by atoms with Gasteiger partial charge in [-0.1, -0.05) is 18.2 Å². The number of para-hydroxylation sites is 1. The molecule has 33 heavy (non-hydrogen) atoms. The number of nitrogens with zero attached hydrogens (tertiary/aromatic N) is 2. The van der Waals surface area contributed by atoms with E-state index >= 15 is 0 Å². The first kappa shape index (κ1) is 24.4. The van der Waals surface area contributed by atoms with Crippen molar-refractivity contribution in [1.29, 1.82) is 0 Å². The molecule has 2 amide bonds. The average molecular weight is 455 g/mol. The number of nitrogens with one attached hydrogen (secondary N) is 2. The molecule has 1 atom stereocenters. The van der Waals surface area contributed by atoms with Crippen LogP contribution in [0.15, 0.2) is 36.4 Å². The summed E-state index contributed by atoms with van der Waals surface area (Å²) < 4.78 is 14.5. The lowest BCUT2D eigenvalue weighted by Gasteiger charge is -2.38. The molecule has 176 valence electrons. The summed E-state index contributed by atoms with van der Waals surface area (Å²) in [6, 6.07) is 9.89. The quantitative estimate of drug-likeness (QED) is 0.629. The smallest absolute Gasteiger partial charge is 0.243 e. The average Bonchev–Trinajstić information content (AvgIpc) is 2.79. The zero-order valence-corrected chi connectivity index (χ0v) is 19.6. The van der Waals surface area contributed by atoms with Crippen LogP contribution in [0.2, 0.25) is 0 Å². The molecule has 1 heterocycles. The van der Waals surface area contributed by atoms with E-state index in [-0.39, 0.29) is 24.1 Å². The lowest BCUT2D eigenvalue weighted by molar-refractivity contribution is -0.128. The van der Waals surface area contributed by atoms with Gasteiger partial charge in [0.2, 0.25) is 11.8 Å². The topological polar surface area (TPSA) is 81.8 Å². The molecule has 1 saturated heterocycles. The Balaban J connectivity index is 1.49. The summed E-state index contributed by atoms with van der Waals surface area (Å²) in [6.45, 7) is 9.23. The number of carbonyl (C=O) groups excluding carboxylic acids is 3. The summed E-state index contributed by atoms with van der Waals surface area (Å²) in [5.41, 5.74) is 3.51. The minimum Gasteiger partial charge on any atom is -0.367 e. The van der Waals surface area contributed by atoms with Crippen LogP contribution in [0.4, 0.5) is 15.8 Å². The van der Waals surface area contributed by atoms with E-state index in [2.05, 4.69) is 10.6 Å². The molecule has 1 fully saturated rings. The molecule has 3 rings (SSSR count). The monoisotopic (exact) mass is 454 g/mol. The van der Waals surface area contributed by atoms with Crippen molar-refractivity contribution in [3.05, 3.63) is 58.9 Å². The first-order chi connectivity index (χ1) is 15.7. The van der Waals surface area contributed by atoms with Gasteiger partial charge in [0.15, 0.2) is 5.78 Å². The minimum atomic E-state index is -0.420. The molecule has 2 aromatic rings. The molecular weight excluding hydrogens is 423 g/mol. The molecule has 1 aliphatic heterocycles. The lowest BCUT2D eigenvalue weighted by atomic mass is 10.1. The van der Waals surface area contributed by atoms with Crippen LogP contribution in [0, 0.1) is 19.7 Å².